The Labute approximate surface area is 126 Å². The van der Waals surface area contributed by atoms with Crippen LogP contribution in [0.5, 0.6) is 0 Å². The van der Waals surface area contributed by atoms with Gasteiger partial charge in [-0.3, -0.25) is 9.59 Å². The molecule has 1 aromatic carbocycles. The number of aromatic nitrogens is 1. The average Bonchev–Trinajstić information content (AvgIpc) is 2.89. The summed E-state index contributed by atoms with van der Waals surface area (Å²) < 4.78 is 0. The molecule has 7 heteroatoms. The maximum Gasteiger partial charge on any atom is 0.275 e. The first-order valence-electron chi connectivity index (χ1n) is 6.43. The van der Waals surface area contributed by atoms with Crippen LogP contribution < -0.4 is 16.4 Å². The van der Waals surface area contributed by atoms with Gasteiger partial charge in [0, 0.05) is 23.2 Å². The van der Waals surface area contributed by atoms with Gasteiger partial charge in [0.15, 0.2) is 5.13 Å². The van der Waals surface area contributed by atoms with Crippen molar-refractivity contribution in [3.8, 4) is 0 Å². The molecule has 1 aromatic heterocycles. The predicted molar refractivity (Wildman–Crippen MR) is 84.6 cm³/mol. The van der Waals surface area contributed by atoms with Crippen LogP contribution in [-0.2, 0) is 4.79 Å². The van der Waals surface area contributed by atoms with E-state index in [0.29, 0.717) is 22.9 Å². The van der Waals surface area contributed by atoms with Crippen molar-refractivity contribution in [3.63, 3.8) is 0 Å². The van der Waals surface area contributed by atoms with Gasteiger partial charge in [0.1, 0.15) is 5.69 Å². The molecule has 0 fully saturated rings. The van der Waals surface area contributed by atoms with Crippen LogP contribution in [0.1, 0.15) is 29.4 Å². The van der Waals surface area contributed by atoms with Crippen molar-refractivity contribution in [1.29, 1.82) is 0 Å². The average molecular weight is 304 g/mol. The summed E-state index contributed by atoms with van der Waals surface area (Å²) in [6.45, 7) is 3.61. The Balaban J connectivity index is 2.18. The van der Waals surface area contributed by atoms with Crippen LogP contribution in [0.4, 0.5) is 16.5 Å². The van der Waals surface area contributed by atoms with E-state index in [1.54, 1.807) is 30.5 Å². The van der Waals surface area contributed by atoms with E-state index in [-0.39, 0.29) is 17.5 Å². The second-order valence-electron chi connectivity index (χ2n) is 4.40. The van der Waals surface area contributed by atoms with Crippen LogP contribution in [0.2, 0.25) is 0 Å². The first kappa shape index (κ1) is 15.0. The maximum absolute atomic E-state index is 12.1. The van der Waals surface area contributed by atoms with Crippen molar-refractivity contribution in [3.05, 3.63) is 34.8 Å². The van der Waals surface area contributed by atoms with E-state index in [2.05, 4.69) is 15.6 Å². The summed E-state index contributed by atoms with van der Waals surface area (Å²) in [5.41, 5.74) is 7.88. The normalized spacial score (nSPS) is 10.2. The molecule has 110 valence electrons. The number of rotatable bonds is 4. The number of nitrogen functional groups attached to an aromatic ring is 1. The Bertz CT molecular complexity index is 681. The number of thiazole rings is 1. The molecule has 0 radical (unpaired) electrons. The number of carbonyl (C=O) groups excluding carboxylic acids is 2. The summed E-state index contributed by atoms with van der Waals surface area (Å²) in [4.78, 5) is 27.5. The summed E-state index contributed by atoms with van der Waals surface area (Å²) in [5.74, 6) is -0.404. The molecule has 0 atom stereocenters. The van der Waals surface area contributed by atoms with E-state index in [4.69, 9.17) is 5.73 Å². The number of amides is 2. The molecule has 2 rings (SSSR count). The number of nitrogens with one attached hydrogen (secondary N) is 2. The maximum atomic E-state index is 12.1. The number of nitrogens with two attached hydrogens (primary N) is 1. The highest BCUT2D eigenvalue weighted by molar-refractivity contribution is 7.13. The van der Waals surface area contributed by atoms with Gasteiger partial charge < -0.3 is 16.4 Å². The van der Waals surface area contributed by atoms with Crippen molar-refractivity contribution in [2.45, 2.75) is 20.3 Å². The van der Waals surface area contributed by atoms with Crippen LogP contribution in [-0.4, -0.2) is 16.8 Å². The zero-order valence-electron chi connectivity index (χ0n) is 11.8. The van der Waals surface area contributed by atoms with E-state index in [0.717, 1.165) is 5.56 Å². The molecule has 0 aliphatic heterocycles. The fraction of sp³-hybridized carbons (Fsp3) is 0.214. The van der Waals surface area contributed by atoms with Gasteiger partial charge in [-0.1, -0.05) is 13.0 Å². The van der Waals surface area contributed by atoms with Gasteiger partial charge in [0.2, 0.25) is 5.91 Å². The molecular formula is C14H16N4O2S. The highest BCUT2D eigenvalue weighted by Crippen LogP contribution is 2.24. The minimum atomic E-state index is -0.329. The predicted octanol–water partition coefficient (Wildman–Crippen LogP) is 2.63. The Morgan fingerprint density at radius 1 is 1.29 bits per heavy atom. The zero-order valence-corrected chi connectivity index (χ0v) is 12.6. The van der Waals surface area contributed by atoms with Gasteiger partial charge >= 0.3 is 0 Å². The summed E-state index contributed by atoms with van der Waals surface area (Å²) in [6.07, 6.45) is 0.397. The zero-order chi connectivity index (χ0) is 15.4. The minimum absolute atomic E-state index is 0.0751. The largest absolute Gasteiger partial charge is 0.375 e. The topological polar surface area (TPSA) is 97.1 Å². The molecule has 0 spiro atoms. The molecular weight excluding hydrogens is 288 g/mol. The highest BCUT2D eigenvalue weighted by Gasteiger charge is 2.13. The number of hydrogen-bond donors (Lipinski definition) is 3. The van der Waals surface area contributed by atoms with E-state index >= 15 is 0 Å². The van der Waals surface area contributed by atoms with E-state index in [1.165, 1.54) is 11.3 Å². The molecule has 0 saturated heterocycles. The van der Waals surface area contributed by atoms with Crippen molar-refractivity contribution in [2.75, 3.05) is 16.4 Å². The van der Waals surface area contributed by atoms with Crippen LogP contribution in [0.15, 0.2) is 23.6 Å². The lowest BCUT2D eigenvalue weighted by atomic mass is 10.1. The number of benzene rings is 1. The molecule has 0 unspecified atom stereocenters. The summed E-state index contributed by atoms with van der Waals surface area (Å²) in [6, 6.07) is 5.33. The highest BCUT2D eigenvalue weighted by atomic mass is 32.1. The SMILES string of the molecule is CCC(=O)Nc1cccc(NC(=O)c2csc(N)n2)c1C. The molecule has 1 heterocycles. The fourth-order valence-corrected chi connectivity index (χ4v) is 2.27. The molecule has 21 heavy (non-hydrogen) atoms. The first-order valence-corrected chi connectivity index (χ1v) is 7.31. The summed E-state index contributed by atoms with van der Waals surface area (Å²) >= 11 is 1.21. The number of hydrogen-bond acceptors (Lipinski definition) is 5. The Hall–Kier alpha value is -2.41. The smallest absolute Gasteiger partial charge is 0.275 e. The lowest BCUT2D eigenvalue weighted by molar-refractivity contribution is -0.115. The van der Waals surface area contributed by atoms with Gasteiger partial charge in [-0.15, -0.1) is 11.3 Å². The molecule has 0 aliphatic carbocycles. The van der Waals surface area contributed by atoms with Gasteiger partial charge in [0.25, 0.3) is 5.91 Å². The standard InChI is InChI=1S/C14H16N4O2S/c1-3-12(19)16-9-5-4-6-10(8(9)2)17-13(20)11-7-21-14(15)18-11/h4-7H,3H2,1-2H3,(H2,15,18)(H,16,19)(H,17,20). The molecule has 6 nitrogen and oxygen atoms in total. The monoisotopic (exact) mass is 304 g/mol. The van der Waals surface area contributed by atoms with Crippen LogP contribution >= 0.6 is 11.3 Å². The van der Waals surface area contributed by atoms with Crippen molar-refractivity contribution >= 4 is 39.7 Å². The van der Waals surface area contributed by atoms with Crippen molar-refractivity contribution in [2.24, 2.45) is 0 Å². The third-order valence-corrected chi connectivity index (χ3v) is 3.61. The lowest BCUT2D eigenvalue weighted by Crippen LogP contribution is -2.15. The van der Waals surface area contributed by atoms with Gasteiger partial charge in [0.05, 0.1) is 0 Å². The second-order valence-corrected chi connectivity index (χ2v) is 5.29. The quantitative estimate of drug-likeness (QED) is 0.809. The summed E-state index contributed by atoms with van der Waals surface area (Å²) in [5, 5.41) is 7.51. The number of carbonyl (C=O) groups is 2. The second kappa shape index (κ2) is 6.36. The molecule has 4 N–H and O–H groups in total. The van der Waals surface area contributed by atoms with Crippen LogP contribution in [0.3, 0.4) is 0 Å². The van der Waals surface area contributed by atoms with Crippen molar-refractivity contribution in [1.82, 2.24) is 4.98 Å². The Kier molecular flexibility index (Phi) is 4.54. The molecule has 0 aliphatic rings. The lowest BCUT2D eigenvalue weighted by Gasteiger charge is -2.12. The Morgan fingerprint density at radius 2 is 1.95 bits per heavy atom. The van der Waals surface area contributed by atoms with Crippen LogP contribution in [0.25, 0.3) is 0 Å². The van der Waals surface area contributed by atoms with E-state index in [9.17, 15) is 9.59 Å². The third-order valence-electron chi connectivity index (χ3n) is 2.93. The molecule has 0 saturated carbocycles. The van der Waals surface area contributed by atoms with E-state index in [1.807, 2.05) is 6.92 Å². The van der Waals surface area contributed by atoms with Gasteiger partial charge in [-0.2, -0.15) is 0 Å². The molecule has 0 bridgehead atoms. The first-order chi connectivity index (χ1) is 10.0. The van der Waals surface area contributed by atoms with Crippen molar-refractivity contribution < 1.29 is 9.59 Å². The molecule has 2 amide bonds. The summed E-state index contributed by atoms with van der Waals surface area (Å²) in [7, 11) is 0. The Morgan fingerprint density at radius 3 is 2.52 bits per heavy atom. The van der Waals surface area contributed by atoms with Gasteiger partial charge in [-0.05, 0) is 24.6 Å². The number of anilines is 3. The molecule has 2 aromatic rings. The van der Waals surface area contributed by atoms with Gasteiger partial charge in [-0.25, -0.2) is 4.98 Å². The fourth-order valence-electron chi connectivity index (χ4n) is 1.72. The van der Waals surface area contributed by atoms with E-state index < -0.39 is 0 Å². The minimum Gasteiger partial charge on any atom is -0.375 e. The third kappa shape index (κ3) is 3.57. The number of nitrogens with zero attached hydrogens (tertiary/aromatic N) is 1. The van der Waals surface area contributed by atoms with Crippen LogP contribution in [0, 0.1) is 6.92 Å².